The molecule has 0 unspecified atom stereocenters. The maximum absolute atomic E-state index is 6.04. The van der Waals surface area contributed by atoms with Crippen molar-refractivity contribution < 1.29 is 4.74 Å². The van der Waals surface area contributed by atoms with Gasteiger partial charge < -0.3 is 10.5 Å². The van der Waals surface area contributed by atoms with Crippen LogP contribution in [0.5, 0.6) is 5.75 Å². The summed E-state index contributed by atoms with van der Waals surface area (Å²) in [5.74, 6) is 0.464. The summed E-state index contributed by atoms with van der Waals surface area (Å²) in [7, 11) is 0. The standard InChI is InChI=1S/C13H10Cl2INO/c14-11-5-10(17)6-12(15)13(11)18-7-8-1-3-9(16)4-2-8/h1-6H,7,17H2. The molecule has 2 rings (SSSR count). The van der Waals surface area contributed by atoms with E-state index in [4.69, 9.17) is 33.7 Å². The van der Waals surface area contributed by atoms with E-state index in [0.29, 0.717) is 28.1 Å². The summed E-state index contributed by atoms with van der Waals surface area (Å²) in [5, 5.41) is 0.844. The fraction of sp³-hybridized carbons (Fsp3) is 0.0769. The number of ether oxygens (including phenoxy) is 1. The Morgan fingerprint density at radius 2 is 1.61 bits per heavy atom. The third-order valence-electron chi connectivity index (χ3n) is 2.32. The molecule has 0 bridgehead atoms. The maximum Gasteiger partial charge on any atom is 0.157 e. The van der Waals surface area contributed by atoms with Crippen LogP contribution in [0, 0.1) is 3.57 Å². The molecule has 0 saturated carbocycles. The van der Waals surface area contributed by atoms with E-state index in [9.17, 15) is 0 Å². The number of nitrogen functional groups attached to an aromatic ring is 1. The van der Waals surface area contributed by atoms with Crippen molar-refractivity contribution >= 4 is 51.5 Å². The second-order valence-electron chi connectivity index (χ2n) is 3.73. The van der Waals surface area contributed by atoms with E-state index in [1.807, 2.05) is 24.3 Å². The van der Waals surface area contributed by atoms with Crippen LogP contribution in [0.15, 0.2) is 36.4 Å². The van der Waals surface area contributed by atoms with Crippen LogP contribution < -0.4 is 10.5 Å². The van der Waals surface area contributed by atoms with E-state index in [1.54, 1.807) is 12.1 Å². The highest BCUT2D eigenvalue weighted by molar-refractivity contribution is 14.1. The zero-order valence-electron chi connectivity index (χ0n) is 9.29. The Kier molecular flexibility index (Phi) is 4.59. The summed E-state index contributed by atoms with van der Waals surface area (Å²) in [6, 6.07) is 11.3. The van der Waals surface area contributed by atoms with Crippen LogP contribution in [0.2, 0.25) is 10.0 Å². The van der Waals surface area contributed by atoms with E-state index in [2.05, 4.69) is 22.6 Å². The summed E-state index contributed by atoms with van der Waals surface area (Å²) in [6.45, 7) is 0.417. The van der Waals surface area contributed by atoms with E-state index in [1.165, 1.54) is 3.57 Å². The molecule has 5 heteroatoms. The maximum atomic E-state index is 6.04. The molecule has 2 aromatic rings. The van der Waals surface area contributed by atoms with Crippen molar-refractivity contribution in [2.75, 3.05) is 5.73 Å². The number of nitrogens with two attached hydrogens (primary N) is 1. The second kappa shape index (κ2) is 5.99. The molecule has 0 fully saturated rings. The molecule has 0 saturated heterocycles. The highest BCUT2D eigenvalue weighted by Crippen LogP contribution is 2.35. The second-order valence-corrected chi connectivity index (χ2v) is 5.79. The van der Waals surface area contributed by atoms with Crippen LogP contribution in [0.3, 0.4) is 0 Å². The Morgan fingerprint density at radius 1 is 1.06 bits per heavy atom. The molecule has 0 atom stereocenters. The van der Waals surface area contributed by atoms with E-state index < -0.39 is 0 Å². The largest absolute Gasteiger partial charge is 0.486 e. The van der Waals surface area contributed by atoms with Gasteiger partial charge in [0.15, 0.2) is 5.75 Å². The molecule has 94 valence electrons. The first kappa shape index (κ1) is 13.8. The molecule has 2 N–H and O–H groups in total. The molecular formula is C13H10Cl2INO. The van der Waals surface area contributed by atoms with Crippen LogP contribution in [-0.4, -0.2) is 0 Å². The van der Waals surface area contributed by atoms with Crippen LogP contribution in [0.4, 0.5) is 5.69 Å². The molecule has 2 aromatic carbocycles. The minimum absolute atomic E-state index is 0.417. The van der Waals surface area contributed by atoms with Gasteiger partial charge in [-0.2, -0.15) is 0 Å². The van der Waals surface area contributed by atoms with Gasteiger partial charge in [0.05, 0.1) is 10.0 Å². The third-order valence-corrected chi connectivity index (χ3v) is 3.60. The van der Waals surface area contributed by atoms with Gasteiger partial charge in [-0.25, -0.2) is 0 Å². The average Bonchev–Trinajstić information content (AvgIpc) is 2.30. The van der Waals surface area contributed by atoms with Gasteiger partial charge in [-0.05, 0) is 52.4 Å². The van der Waals surface area contributed by atoms with Gasteiger partial charge in [-0.1, -0.05) is 35.3 Å². The van der Waals surface area contributed by atoms with E-state index in [-0.39, 0.29) is 0 Å². The van der Waals surface area contributed by atoms with Gasteiger partial charge in [0, 0.05) is 9.26 Å². The number of halogens is 3. The topological polar surface area (TPSA) is 35.2 Å². The Labute approximate surface area is 129 Å². The van der Waals surface area contributed by atoms with Crippen molar-refractivity contribution in [3.63, 3.8) is 0 Å². The molecule has 0 aliphatic carbocycles. The van der Waals surface area contributed by atoms with Crippen molar-refractivity contribution in [3.8, 4) is 5.75 Å². The highest BCUT2D eigenvalue weighted by Gasteiger charge is 2.08. The Morgan fingerprint density at radius 3 is 2.17 bits per heavy atom. The fourth-order valence-corrected chi connectivity index (χ4v) is 2.43. The Balaban J connectivity index is 2.13. The first-order chi connectivity index (χ1) is 8.56. The molecule has 0 spiro atoms. The lowest BCUT2D eigenvalue weighted by molar-refractivity contribution is 0.306. The highest BCUT2D eigenvalue weighted by atomic mass is 127. The summed E-state index contributed by atoms with van der Waals surface area (Å²) in [6.07, 6.45) is 0. The summed E-state index contributed by atoms with van der Waals surface area (Å²) in [5.41, 5.74) is 7.20. The van der Waals surface area contributed by atoms with Gasteiger partial charge in [0.2, 0.25) is 0 Å². The summed E-state index contributed by atoms with van der Waals surface area (Å²) < 4.78 is 6.81. The Hall–Kier alpha value is -0.650. The van der Waals surface area contributed by atoms with E-state index in [0.717, 1.165) is 5.56 Å². The molecule has 0 aromatic heterocycles. The van der Waals surface area contributed by atoms with Crippen molar-refractivity contribution in [3.05, 3.63) is 55.6 Å². The summed E-state index contributed by atoms with van der Waals surface area (Å²) in [4.78, 5) is 0. The van der Waals surface area contributed by atoms with Gasteiger partial charge in [0.1, 0.15) is 6.61 Å². The lowest BCUT2D eigenvalue weighted by Crippen LogP contribution is -1.97. The molecule has 18 heavy (non-hydrogen) atoms. The molecule has 0 aliphatic rings. The number of hydrogen-bond acceptors (Lipinski definition) is 2. The number of benzene rings is 2. The van der Waals surface area contributed by atoms with Crippen LogP contribution in [-0.2, 0) is 6.61 Å². The third kappa shape index (κ3) is 3.43. The predicted octanol–water partition coefficient (Wildman–Crippen LogP) is 4.76. The van der Waals surface area contributed by atoms with Crippen LogP contribution in [0.25, 0.3) is 0 Å². The number of anilines is 1. The van der Waals surface area contributed by atoms with E-state index >= 15 is 0 Å². The molecule has 0 amide bonds. The molecule has 0 heterocycles. The normalized spacial score (nSPS) is 10.4. The van der Waals surface area contributed by atoms with Gasteiger partial charge in [-0.15, -0.1) is 0 Å². The van der Waals surface area contributed by atoms with Gasteiger partial charge in [0.25, 0.3) is 0 Å². The summed E-state index contributed by atoms with van der Waals surface area (Å²) >= 11 is 14.3. The zero-order chi connectivity index (χ0) is 13.1. The van der Waals surface area contributed by atoms with Crippen molar-refractivity contribution in [1.82, 2.24) is 0 Å². The monoisotopic (exact) mass is 393 g/mol. The predicted molar refractivity (Wildman–Crippen MR) is 84.4 cm³/mol. The number of hydrogen-bond donors (Lipinski definition) is 1. The van der Waals surface area contributed by atoms with Crippen molar-refractivity contribution in [2.24, 2.45) is 0 Å². The van der Waals surface area contributed by atoms with Gasteiger partial charge in [-0.3, -0.25) is 0 Å². The molecule has 0 radical (unpaired) electrons. The lowest BCUT2D eigenvalue weighted by Gasteiger charge is -2.10. The first-order valence-corrected chi connectivity index (χ1v) is 7.01. The quantitative estimate of drug-likeness (QED) is 0.602. The fourth-order valence-electron chi connectivity index (χ4n) is 1.45. The zero-order valence-corrected chi connectivity index (χ0v) is 13.0. The molecule has 0 aliphatic heterocycles. The smallest absolute Gasteiger partial charge is 0.157 e. The first-order valence-electron chi connectivity index (χ1n) is 5.18. The molecular weight excluding hydrogens is 384 g/mol. The van der Waals surface area contributed by atoms with Gasteiger partial charge >= 0.3 is 0 Å². The van der Waals surface area contributed by atoms with Crippen LogP contribution >= 0.6 is 45.8 Å². The minimum atomic E-state index is 0.417. The van der Waals surface area contributed by atoms with Crippen LogP contribution in [0.1, 0.15) is 5.56 Å². The van der Waals surface area contributed by atoms with Crippen molar-refractivity contribution in [1.29, 1.82) is 0 Å². The number of rotatable bonds is 3. The minimum Gasteiger partial charge on any atom is -0.486 e. The Bertz CT molecular complexity index is 534. The average molecular weight is 394 g/mol. The molecule has 2 nitrogen and oxygen atoms in total. The van der Waals surface area contributed by atoms with Crippen molar-refractivity contribution in [2.45, 2.75) is 6.61 Å². The SMILES string of the molecule is Nc1cc(Cl)c(OCc2ccc(I)cc2)c(Cl)c1. The lowest BCUT2D eigenvalue weighted by atomic mass is 10.2.